The molecule has 0 bridgehead atoms. The minimum atomic E-state index is -0.0495. The van der Waals surface area contributed by atoms with E-state index in [2.05, 4.69) is 122 Å². The van der Waals surface area contributed by atoms with Crippen molar-refractivity contribution in [1.29, 1.82) is 0 Å². The van der Waals surface area contributed by atoms with Crippen molar-refractivity contribution in [3.05, 3.63) is 139 Å². The highest BCUT2D eigenvalue weighted by molar-refractivity contribution is 6.21. The molecule has 0 fully saturated rings. The first kappa shape index (κ1) is 23.4. The van der Waals surface area contributed by atoms with Crippen LogP contribution in [0.1, 0.15) is 25.0 Å². The topological polar surface area (TPSA) is 30.7 Å². The van der Waals surface area contributed by atoms with Crippen molar-refractivity contribution in [2.24, 2.45) is 0 Å². The molecule has 2 heterocycles. The molecule has 198 valence electrons. The molecule has 0 saturated carbocycles. The van der Waals surface area contributed by atoms with E-state index in [1.165, 1.54) is 49.3 Å². The van der Waals surface area contributed by atoms with Crippen molar-refractivity contribution in [3.63, 3.8) is 0 Å². The Kier molecular flexibility index (Phi) is 4.67. The van der Waals surface area contributed by atoms with Crippen LogP contribution in [0, 0.1) is 0 Å². The number of para-hydroxylation sites is 3. The standard InChI is InChI=1S/C39H27N3/c1-39(2)30-16-8-6-15-29(30)35-26-20-21-27-25-14-7-11-19-34(25)42(37(27)28(26)22-23-31(35)39)38-36(24-12-4-3-5-13-24)40-32-17-9-10-18-33(32)41-38/h3-23H,1-2H3. The van der Waals surface area contributed by atoms with Crippen LogP contribution in [0.25, 0.3) is 71.8 Å². The molecule has 8 aromatic rings. The van der Waals surface area contributed by atoms with Crippen molar-refractivity contribution < 1.29 is 0 Å². The molecule has 1 aliphatic rings. The Balaban J connectivity index is 1.47. The second-order valence-corrected chi connectivity index (χ2v) is 11.8. The maximum absolute atomic E-state index is 5.33. The van der Waals surface area contributed by atoms with Gasteiger partial charge in [-0.2, -0.15) is 0 Å². The Bertz CT molecular complexity index is 2380. The Morgan fingerprint density at radius 2 is 1.17 bits per heavy atom. The van der Waals surface area contributed by atoms with Gasteiger partial charge in [-0.15, -0.1) is 0 Å². The number of rotatable bonds is 2. The lowest BCUT2D eigenvalue weighted by Crippen LogP contribution is -2.14. The summed E-state index contributed by atoms with van der Waals surface area (Å²) in [6.45, 7) is 4.69. The summed E-state index contributed by atoms with van der Waals surface area (Å²) in [5.41, 5.74) is 11.4. The molecule has 0 atom stereocenters. The van der Waals surface area contributed by atoms with Crippen molar-refractivity contribution >= 4 is 43.6 Å². The Morgan fingerprint density at radius 3 is 2.02 bits per heavy atom. The van der Waals surface area contributed by atoms with Gasteiger partial charge in [0.25, 0.3) is 0 Å². The third kappa shape index (κ3) is 3.05. The molecule has 6 aromatic carbocycles. The molecule has 1 aliphatic carbocycles. The number of hydrogen-bond acceptors (Lipinski definition) is 2. The molecule has 0 spiro atoms. The Morgan fingerprint density at radius 1 is 0.524 bits per heavy atom. The molecular weight excluding hydrogens is 510 g/mol. The van der Waals surface area contributed by atoms with Crippen molar-refractivity contribution in [3.8, 4) is 28.2 Å². The van der Waals surface area contributed by atoms with E-state index in [0.29, 0.717) is 0 Å². The molecule has 3 heteroatoms. The van der Waals surface area contributed by atoms with Crippen LogP contribution in [-0.2, 0) is 5.41 Å². The van der Waals surface area contributed by atoms with E-state index in [0.717, 1.165) is 33.6 Å². The van der Waals surface area contributed by atoms with Crippen LogP contribution in [0.4, 0.5) is 0 Å². The van der Waals surface area contributed by atoms with Gasteiger partial charge >= 0.3 is 0 Å². The highest BCUT2D eigenvalue weighted by atomic mass is 15.1. The summed E-state index contributed by atoms with van der Waals surface area (Å²) in [6.07, 6.45) is 0. The minimum absolute atomic E-state index is 0.0495. The molecule has 0 N–H and O–H groups in total. The fourth-order valence-corrected chi connectivity index (χ4v) is 7.22. The quantitative estimate of drug-likeness (QED) is 0.220. The van der Waals surface area contributed by atoms with Gasteiger partial charge in [0.1, 0.15) is 5.69 Å². The van der Waals surface area contributed by atoms with Gasteiger partial charge in [0.05, 0.1) is 22.1 Å². The van der Waals surface area contributed by atoms with Crippen LogP contribution in [0.5, 0.6) is 0 Å². The van der Waals surface area contributed by atoms with Crippen LogP contribution < -0.4 is 0 Å². The highest BCUT2D eigenvalue weighted by Gasteiger charge is 2.36. The summed E-state index contributed by atoms with van der Waals surface area (Å²) in [4.78, 5) is 10.6. The monoisotopic (exact) mass is 537 g/mol. The molecule has 0 aliphatic heterocycles. The molecule has 0 unspecified atom stereocenters. The average molecular weight is 538 g/mol. The lowest BCUT2D eigenvalue weighted by atomic mass is 9.82. The van der Waals surface area contributed by atoms with Crippen LogP contribution in [-0.4, -0.2) is 14.5 Å². The van der Waals surface area contributed by atoms with Gasteiger partial charge in [0, 0.05) is 27.1 Å². The first-order chi connectivity index (χ1) is 20.6. The summed E-state index contributed by atoms with van der Waals surface area (Å²) in [5.74, 6) is 0.847. The zero-order valence-electron chi connectivity index (χ0n) is 23.5. The summed E-state index contributed by atoms with van der Waals surface area (Å²) in [5, 5.41) is 4.93. The average Bonchev–Trinajstić information content (AvgIpc) is 3.50. The van der Waals surface area contributed by atoms with E-state index in [1.807, 2.05) is 24.3 Å². The SMILES string of the molecule is CC1(C)c2ccccc2-c2c1ccc1c2ccc2c3ccccc3n(-c3nc4ccccc4nc3-c3ccccc3)c12. The zero-order valence-corrected chi connectivity index (χ0v) is 23.5. The predicted octanol–water partition coefficient (Wildman–Crippen LogP) is 9.85. The van der Waals surface area contributed by atoms with Crippen LogP contribution >= 0.6 is 0 Å². The Labute approximate surface area is 243 Å². The molecule has 0 radical (unpaired) electrons. The lowest BCUT2D eigenvalue weighted by molar-refractivity contribution is 0.661. The van der Waals surface area contributed by atoms with Gasteiger partial charge in [0.15, 0.2) is 5.82 Å². The fourth-order valence-electron chi connectivity index (χ4n) is 7.22. The van der Waals surface area contributed by atoms with Gasteiger partial charge in [-0.05, 0) is 45.8 Å². The van der Waals surface area contributed by atoms with Gasteiger partial charge in [-0.3, -0.25) is 4.57 Å². The predicted molar refractivity (Wildman–Crippen MR) is 174 cm³/mol. The molecule has 2 aromatic heterocycles. The number of aromatic nitrogens is 3. The third-order valence-electron chi connectivity index (χ3n) is 9.19. The largest absolute Gasteiger partial charge is 0.291 e. The maximum Gasteiger partial charge on any atom is 0.165 e. The molecule has 0 amide bonds. The molecule has 42 heavy (non-hydrogen) atoms. The molecule has 3 nitrogen and oxygen atoms in total. The first-order valence-corrected chi connectivity index (χ1v) is 14.5. The maximum atomic E-state index is 5.33. The summed E-state index contributed by atoms with van der Waals surface area (Å²) in [7, 11) is 0. The zero-order chi connectivity index (χ0) is 28.0. The summed E-state index contributed by atoms with van der Waals surface area (Å²) >= 11 is 0. The number of hydrogen-bond donors (Lipinski definition) is 0. The van der Waals surface area contributed by atoms with E-state index in [9.17, 15) is 0 Å². The Hall–Kier alpha value is -5.28. The minimum Gasteiger partial charge on any atom is -0.291 e. The number of nitrogens with zero attached hydrogens (tertiary/aromatic N) is 3. The van der Waals surface area contributed by atoms with Crippen molar-refractivity contribution in [2.75, 3.05) is 0 Å². The third-order valence-corrected chi connectivity index (χ3v) is 9.19. The van der Waals surface area contributed by atoms with E-state index in [4.69, 9.17) is 9.97 Å². The van der Waals surface area contributed by atoms with Crippen LogP contribution in [0.3, 0.4) is 0 Å². The molecular formula is C39H27N3. The highest BCUT2D eigenvalue weighted by Crippen LogP contribution is 2.52. The summed E-state index contributed by atoms with van der Waals surface area (Å²) < 4.78 is 2.35. The second kappa shape index (κ2) is 8.37. The van der Waals surface area contributed by atoms with Crippen LogP contribution in [0.15, 0.2) is 127 Å². The molecule has 9 rings (SSSR count). The van der Waals surface area contributed by atoms with E-state index >= 15 is 0 Å². The van der Waals surface area contributed by atoms with E-state index < -0.39 is 0 Å². The van der Waals surface area contributed by atoms with Gasteiger partial charge in [-0.25, -0.2) is 9.97 Å². The smallest absolute Gasteiger partial charge is 0.165 e. The second-order valence-electron chi connectivity index (χ2n) is 11.8. The van der Waals surface area contributed by atoms with Gasteiger partial charge in [0.2, 0.25) is 0 Å². The lowest BCUT2D eigenvalue weighted by Gasteiger charge is -2.21. The van der Waals surface area contributed by atoms with Crippen molar-refractivity contribution in [2.45, 2.75) is 19.3 Å². The fraction of sp³-hybridized carbons (Fsp3) is 0.0769. The number of fused-ring (bicyclic) bond motifs is 10. The first-order valence-electron chi connectivity index (χ1n) is 14.5. The summed E-state index contributed by atoms with van der Waals surface area (Å²) in [6, 6.07) is 45.5. The van der Waals surface area contributed by atoms with E-state index in [1.54, 1.807) is 0 Å². The number of benzene rings is 6. The van der Waals surface area contributed by atoms with Crippen LogP contribution in [0.2, 0.25) is 0 Å². The van der Waals surface area contributed by atoms with E-state index in [-0.39, 0.29) is 5.41 Å². The van der Waals surface area contributed by atoms with Crippen molar-refractivity contribution in [1.82, 2.24) is 14.5 Å². The molecule has 0 saturated heterocycles. The van der Waals surface area contributed by atoms with Gasteiger partial charge < -0.3 is 0 Å². The normalized spacial score (nSPS) is 13.7. The van der Waals surface area contributed by atoms with Gasteiger partial charge in [-0.1, -0.05) is 123 Å².